The molecule has 1 heterocycles. The Morgan fingerprint density at radius 2 is 1.32 bits per heavy atom. The second kappa shape index (κ2) is 22.3. The molecular formula is C47H59N2O9P. The molecule has 4 aromatic rings. The van der Waals surface area contributed by atoms with E-state index in [4.69, 9.17) is 44.0 Å². The molecule has 0 bridgehead atoms. The Kier molecular flexibility index (Phi) is 17.3. The first-order valence-corrected chi connectivity index (χ1v) is 21.4. The van der Waals surface area contributed by atoms with Gasteiger partial charge in [-0.25, -0.2) is 16.0 Å². The van der Waals surface area contributed by atoms with Crippen LogP contribution in [0, 0.1) is 12.5 Å². The molecule has 1 aliphatic heterocycles. The van der Waals surface area contributed by atoms with Gasteiger partial charge in [0.05, 0.1) is 45.2 Å². The molecule has 11 nitrogen and oxygen atoms in total. The van der Waals surface area contributed by atoms with Crippen molar-refractivity contribution in [3.63, 3.8) is 0 Å². The molecule has 0 saturated carbocycles. The molecule has 1 fully saturated rings. The van der Waals surface area contributed by atoms with Crippen LogP contribution in [0.1, 0.15) is 75.0 Å². The fourth-order valence-electron chi connectivity index (χ4n) is 7.48. The minimum atomic E-state index is -1.60. The van der Waals surface area contributed by atoms with E-state index < -0.39 is 44.7 Å². The van der Waals surface area contributed by atoms with Gasteiger partial charge in [0.2, 0.25) is 6.54 Å². The molecule has 0 aromatic heterocycles. The van der Waals surface area contributed by atoms with Crippen molar-refractivity contribution < 1.29 is 42.3 Å². The zero-order chi connectivity index (χ0) is 42.4. The topological polar surface area (TPSA) is 98.5 Å². The summed E-state index contributed by atoms with van der Waals surface area (Å²) in [5, 5.41) is 0. The van der Waals surface area contributed by atoms with E-state index in [2.05, 4.69) is 37.2 Å². The van der Waals surface area contributed by atoms with E-state index in [9.17, 15) is 4.79 Å². The number of benzene rings is 4. The van der Waals surface area contributed by atoms with Crippen molar-refractivity contribution in [3.05, 3.63) is 143 Å². The molecule has 4 aromatic carbocycles. The minimum Gasteiger partial charge on any atom is -0.497 e. The van der Waals surface area contributed by atoms with Crippen LogP contribution in [-0.2, 0) is 33.6 Å². The van der Waals surface area contributed by atoms with Crippen LogP contribution in [0.3, 0.4) is 0 Å². The highest BCUT2D eigenvalue weighted by Gasteiger charge is 2.49. The van der Waals surface area contributed by atoms with Crippen molar-refractivity contribution in [2.45, 2.75) is 90.2 Å². The second-order valence-electron chi connectivity index (χ2n) is 14.9. The smallest absolute Gasteiger partial charge is 0.338 e. The summed E-state index contributed by atoms with van der Waals surface area (Å²) >= 11 is 0. The van der Waals surface area contributed by atoms with Crippen molar-refractivity contribution in [1.29, 1.82) is 0 Å². The van der Waals surface area contributed by atoms with Crippen LogP contribution >= 0.6 is 8.53 Å². The van der Waals surface area contributed by atoms with Gasteiger partial charge in [0.25, 0.3) is 8.53 Å². The summed E-state index contributed by atoms with van der Waals surface area (Å²) in [6.45, 7) is 20.5. The van der Waals surface area contributed by atoms with Crippen molar-refractivity contribution >= 4 is 14.5 Å². The van der Waals surface area contributed by atoms with Gasteiger partial charge in [-0.2, -0.15) is 0 Å². The fraction of sp³-hybridized carbons (Fsp3) is 0.447. The van der Waals surface area contributed by atoms with Gasteiger partial charge in [0, 0.05) is 18.0 Å². The van der Waals surface area contributed by atoms with Crippen LogP contribution < -0.4 is 9.47 Å². The molecule has 59 heavy (non-hydrogen) atoms. The van der Waals surface area contributed by atoms with Gasteiger partial charge in [-0.1, -0.05) is 86.6 Å². The Morgan fingerprint density at radius 3 is 1.83 bits per heavy atom. The van der Waals surface area contributed by atoms with Crippen LogP contribution in [0.2, 0.25) is 0 Å². The van der Waals surface area contributed by atoms with E-state index >= 15 is 0 Å². The zero-order valence-electron chi connectivity index (χ0n) is 35.5. The monoisotopic (exact) mass is 826 g/mol. The summed E-state index contributed by atoms with van der Waals surface area (Å²) in [5.74, 6) is 0.591. The number of nitrogens with zero attached hydrogens (tertiary/aromatic N) is 2. The summed E-state index contributed by atoms with van der Waals surface area (Å²) < 4.78 is 53.0. The van der Waals surface area contributed by atoms with Crippen LogP contribution in [0.15, 0.2) is 109 Å². The molecule has 1 aliphatic rings. The SMILES string of the molecule is [C-]#[N+]CCOP(OC1C(CC)OC(OCCOC(c2ccccc2)(c2ccc(OC)cc2)c2ccc(OC)cc2)C(OC(=O)c2ccccc2)C1C)N(C(C)C)C(C)C. The van der Waals surface area contributed by atoms with E-state index in [1.807, 2.05) is 98.8 Å². The molecule has 0 spiro atoms. The first-order valence-electron chi connectivity index (χ1n) is 20.3. The van der Waals surface area contributed by atoms with Crippen molar-refractivity contribution in [2.75, 3.05) is 40.6 Å². The number of hydrogen-bond donors (Lipinski definition) is 0. The largest absolute Gasteiger partial charge is 0.497 e. The first kappa shape index (κ1) is 45.7. The highest BCUT2D eigenvalue weighted by atomic mass is 31.2. The number of hydrogen-bond acceptors (Lipinski definition) is 10. The molecule has 12 heteroatoms. The second-order valence-corrected chi connectivity index (χ2v) is 16.3. The van der Waals surface area contributed by atoms with Crippen LogP contribution in [0.5, 0.6) is 11.5 Å². The third-order valence-electron chi connectivity index (χ3n) is 10.4. The fourth-order valence-corrected chi connectivity index (χ4v) is 9.31. The number of methoxy groups -OCH3 is 2. The third-order valence-corrected chi connectivity index (χ3v) is 12.5. The summed E-state index contributed by atoms with van der Waals surface area (Å²) in [4.78, 5) is 17.2. The summed E-state index contributed by atoms with van der Waals surface area (Å²) in [6.07, 6.45) is -2.10. The van der Waals surface area contributed by atoms with Gasteiger partial charge in [-0.05, 0) is 87.2 Å². The van der Waals surface area contributed by atoms with Crippen molar-refractivity contribution in [1.82, 2.24) is 4.67 Å². The molecule has 5 rings (SSSR count). The Balaban J connectivity index is 1.45. The van der Waals surface area contributed by atoms with Gasteiger partial charge in [0.1, 0.15) is 23.7 Å². The van der Waals surface area contributed by atoms with E-state index in [0.717, 1.165) is 28.2 Å². The predicted molar refractivity (Wildman–Crippen MR) is 229 cm³/mol. The van der Waals surface area contributed by atoms with Gasteiger partial charge < -0.3 is 42.3 Å². The molecule has 0 amide bonds. The van der Waals surface area contributed by atoms with Crippen LogP contribution in [0.4, 0.5) is 0 Å². The Hall–Kier alpha value is -4.37. The zero-order valence-corrected chi connectivity index (χ0v) is 36.4. The number of rotatable bonds is 21. The lowest BCUT2D eigenvalue weighted by atomic mass is 9.80. The lowest BCUT2D eigenvalue weighted by Crippen LogP contribution is -2.56. The average molecular weight is 827 g/mol. The first-order chi connectivity index (χ1) is 28.6. The lowest BCUT2D eigenvalue weighted by Gasteiger charge is -2.46. The number of ether oxygens (including phenoxy) is 6. The van der Waals surface area contributed by atoms with Crippen LogP contribution in [-0.4, -0.2) is 87.9 Å². The highest BCUT2D eigenvalue weighted by Crippen LogP contribution is 2.50. The molecule has 1 saturated heterocycles. The molecule has 6 unspecified atom stereocenters. The number of carbonyl (C=O) groups excluding carboxylic acids is 1. The third kappa shape index (κ3) is 11.3. The summed E-state index contributed by atoms with van der Waals surface area (Å²) in [7, 11) is 1.68. The van der Waals surface area contributed by atoms with E-state index in [-0.39, 0.29) is 44.4 Å². The normalized spacial score (nSPS) is 20.0. The molecule has 0 radical (unpaired) electrons. The maximum Gasteiger partial charge on any atom is 0.338 e. The van der Waals surface area contributed by atoms with Gasteiger partial charge in [-0.3, -0.25) is 0 Å². The predicted octanol–water partition coefficient (Wildman–Crippen LogP) is 9.69. The highest BCUT2D eigenvalue weighted by molar-refractivity contribution is 7.44. The molecule has 6 atom stereocenters. The lowest BCUT2D eigenvalue weighted by molar-refractivity contribution is -0.281. The van der Waals surface area contributed by atoms with E-state index in [1.165, 1.54) is 0 Å². The average Bonchev–Trinajstić information content (AvgIpc) is 3.26. The van der Waals surface area contributed by atoms with Gasteiger partial charge >= 0.3 is 5.97 Å². The summed E-state index contributed by atoms with van der Waals surface area (Å²) in [6, 6.07) is 34.9. The standard InChI is InChI=1S/C47H59N2O9P/c1-10-42-43(58-59(55-30-29-48-7)49(33(2)3)34(4)5)35(6)44(57-45(50)36-17-13-11-14-18-36)46(56-42)53-31-32-54-47(37-19-15-12-16-20-37,38-21-25-40(51-8)26-22-38)39-23-27-41(52-9)28-24-39/h11-28,33-35,42-44,46H,10,29-32H2,1-6,8-9H3. The number of esters is 1. The maximum absolute atomic E-state index is 13.7. The van der Waals surface area contributed by atoms with Gasteiger partial charge in [0.15, 0.2) is 12.4 Å². The summed E-state index contributed by atoms with van der Waals surface area (Å²) in [5.41, 5.74) is 2.08. The van der Waals surface area contributed by atoms with Crippen molar-refractivity contribution in [2.24, 2.45) is 5.92 Å². The van der Waals surface area contributed by atoms with E-state index in [1.54, 1.807) is 38.5 Å². The maximum atomic E-state index is 13.7. The Morgan fingerprint density at radius 1 is 0.780 bits per heavy atom. The van der Waals surface area contributed by atoms with E-state index in [0.29, 0.717) is 12.0 Å². The Bertz CT molecular complexity index is 1840. The molecule has 0 N–H and O–H groups in total. The molecule has 316 valence electrons. The Labute approximate surface area is 351 Å². The quantitative estimate of drug-likeness (QED) is 0.0266. The van der Waals surface area contributed by atoms with Gasteiger partial charge in [-0.15, -0.1) is 0 Å². The number of carbonyl (C=O) groups is 1. The molecular weight excluding hydrogens is 767 g/mol. The minimum absolute atomic E-state index is 0.107. The molecule has 0 aliphatic carbocycles. The van der Waals surface area contributed by atoms with Crippen LogP contribution in [0.25, 0.3) is 4.85 Å². The van der Waals surface area contributed by atoms with Crippen molar-refractivity contribution in [3.8, 4) is 11.5 Å².